The lowest BCUT2D eigenvalue weighted by molar-refractivity contribution is -0.122. The topological polar surface area (TPSA) is 119 Å². The maximum absolute atomic E-state index is 13.3. The van der Waals surface area contributed by atoms with E-state index >= 15 is 0 Å². The summed E-state index contributed by atoms with van der Waals surface area (Å²) in [6.07, 6.45) is 1.31. The highest BCUT2D eigenvalue weighted by Crippen LogP contribution is 2.37. The van der Waals surface area contributed by atoms with Crippen molar-refractivity contribution in [2.45, 2.75) is 25.7 Å². The predicted molar refractivity (Wildman–Crippen MR) is 157 cm³/mol. The van der Waals surface area contributed by atoms with Crippen LogP contribution in [-0.2, 0) is 19.7 Å². The smallest absolute Gasteiger partial charge is 0.339 e. The van der Waals surface area contributed by atoms with Crippen molar-refractivity contribution in [1.29, 1.82) is 0 Å². The van der Waals surface area contributed by atoms with Gasteiger partial charge in [0, 0.05) is 4.47 Å². The number of imide groups is 2. The van der Waals surface area contributed by atoms with Crippen molar-refractivity contribution in [3.63, 3.8) is 0 Å². The molecular weight excluding hydrogens is 703 g/mol. The lowest BCUT2D eigenvalue weighted by Gasteiger charge is -2.26. The molecule has 0 bridgehead atoms. The molecule has 1 fully saturated rings. The first kappa shape index (κ1) is 28.8. The first-order chi connectivity index (χ1) is 18.4. The number of urea groups is 1. The number of ether oxygens (including phenoxy) is 1. The number of carbonyl (C=O) groups is 3. The molecule has 9 nitrogen and oxygen atoms in total. The molecule has 0 radical (unpaired) electrons. The second kappa shape index (κ2) is 11.5. The Hall–Kier alpha value is -3.23. The van der Waals surface area contributed by atoms with Gasteiger partial charge in [-0.1, -0.05) is 33.6 Å². The molecular formula is C27H22BrIN2O7S. The lowest BCUT2D eigenvalue weighted by Crippen LogP contribution is -2.54. The number of rotatable bonds is 7. The van der Waals surface area contributed by atoms with Crippen molar-refractivity contribution in [2.24, 2.45) is 0 Å². The minimum atomic E-state index is -4.17. The standard InChI is InChI=1S/C27H22BrIN2O7S/c1-4-37-23-14-17(13-22(29)24(23)38-39(35,36)19-8-5-15(2)6-9-19)12-20-25(32)30-27(34)31(26(20)33)18-7-10-21(28)16(3)11-18/h5-14H,4H2,1-3H3,(H,30,32,34)/b20-12-. The molecule has 1 N–H and O–H groups in total. The summed E-state index contributed by atoms with van der Waals surface area (Å²) in [5, 5.41) is 2.19. The highest BCUT2D eigenvalue weighted by atomic mass is 127. The van der Waals surface area contributed by atoms with Crippen LogP contribution in [0.25, 0.3) is 6.08 Å². The van der Waals surface area contributed by atoms with Crippen molar-refractivity contribution >= 4 is 78.2 Å². The zero-order valence-electron chi connectivity index (χ0n) is 20.9. The van der Waals surface area contributed by atoms with Crippen LogP contribution >= 0.6 is 38.5 Å². The van der Waals surface area contributed by atoms with E-state index in [1.807, 2.05) is 36.4 Å². The van der Waals surface area contributed by atoms with Crippen LogP contribution in [0.5, 0.6) is 11.5 Å². The third-order valence-corrected chi connectivity index (χ3v) is 8.57. The van der Waals surface area contributed by atoms with Gasteiger partial charge >= 0.3 is 16.1 Å². The number of aryl methyl sites for hydroxylation is 2. The predicted octanol–water partition coefficient (Wildman–Crippen LogP) is 5.50. The normalized spacial score (nSPS) is 14.9. The zero-order valence-corrected chi connectivity index (χ0v) is 25.5. The van der Waals surface area contributed by atoms with Crippen molar-refractivity contribution in [3.8, 4) is 11.5 Å². The summed E-state index contributed by atoms with van der Waals surface area (Å²) in [5.74, 6) is -1.58. The average Bonchev–Trinajstić information content (AvgIpc) is 2.86. The van der Waals surface area contributed by atoms with Gasteiger partial charge in [-0.25, -0.2) is 9.69 Å². The largest absolute Gasteiger partial charge is 0.490 e. The number of amides is 4. The van der Waals surface area contributed by atoms with Crippen molar-refractivity contribution in [2.75, 3.05) is 11.5 Å². The van der Waals surface area contributed by atoms with Crippen LogP contribution in [0.4, 0.5) is 10.5 Å². The molecule has 0 saturated carbocycles. The number of hydrogen-bond donors (Lipinski definition) is 1. The summed E-state index contributed by atoms with van der Waals surface area (Å²) in [6.45, 7) is 5.56. The van der Waals surface area contributed by atoms with Gasteiger partial charge in [-0.3, -0.25) is 14.9 Å². The number of barbiturate groups is 1. The van der Waals surface area contributed by atoms with Gasteiger partial charge < -0.3 is 8.92 Å². The number of nitrogens with zero attached hydrogens (tertiary/aromatic N) is 1. The Morgan fingerprint density at radius 1 is 1.03 bits per heavy atom. The molecule has 202 valence electrons. The van der Waals surface area contributed by atoms with Gasteiger partial charge in [0.25, 0.3) is 11.8 Å². The molecule has 1 aliphatic heterocycles. The zero-order chi connectivity index (χ0) is 28.5. The molecule has 1 heterocycles. The molecule has 4 rings (SSSR count). The fraction of sp³-hybridized carbons (Fsp3) is 0.148. The number of hydrogen-bond acceptors (Lipinski definition) is 7. The monoisotopic (exact) mass is 724 g/mol. The van der Waals surface area contributed by atoms with Crippen molar-refractivity contribution < 1.29 is 31.7 Å². The molecule has 0 aliphatic carbocycles. The summed E-state index contributed by atoms with van der Waals surface area (Å²) in [7, 11) is -4.17. The quantitative estimate of drug-likeness (QED) is 0.148. The minimum Gasteiger partial charge on any atom is -0.490 e. The molecule has 0 unspecified atom stereocenters. The molecule has 3 aromatic rings. The minimum absolute atomic E-state index is 0.0186. The Balaban J connectivity index is 1.72. The number of anilines is 1. The van der Waals surface area contributed by atoms with Gasteiger partial charge in [-0.2, -0.15) is 8.42 Å². The molecule has 3 aromatic carbocycles. The molecule has 39 heavy (non-hydrogen) atoms. The maximum Gasteiger partial charge on any atom is 0.339 e. The molecule has 0 atom stereocenters. The fourth-order valence-corrected chi connectivity index (χ4v) is 5.79. The van der Waals surface area contributed by atoms with E-state index in [2.05, 4.69) is 21.2 Å². The van der Waals surface area contributed by atoms with Crippen LogP contribution in [-0.4, -0.2) is 32.9 Å². The van der Waals surface area contributed by atoms with Crippen molar-refractivity contribution in [1.82, 2.24) is 5.32 Å². The van der Waals surface area contributed by atoms with Gasteiger partial charge in [0.2, 0.25) is 0 Å². The Morgan fingerprint density at radius 2 is 1.72 bits per heavy atom. The molecule has 0 spiro atoms. The third kappa shape index (κ3) is 6.17. The second-order valence-corrected chi connectivity index (χ2v) is 12.1. The van der Waals surface area contributed by atoms with Gasteiger partial charge in [0.15, 0.2) is 11.5 Å². The van der Waals surface area contributed by atoms with E-state index in [4.69, 9.17) is 8.92 Å². The van der Waals surface area contributed by atoms with Crippen LogP contribution in [0.1, 0.15) is 23.6 Å². The van der Waals surface area contributed by atoms with Crippen LogP contribution in [0.3, 0.4) is 0 Å². The van der Waals surface area contributed by atoms with Gasteiger partial charge in [-0.05, 0) is 103 Å². The SMILES string of the molecule is CCOc1cc(/C=C2/C(=O)NC(=O)N(c3ccc(Br)c(C)c3)C2=O)cc(I)c1OS(=O)(=O)c1ccc(C)cc1. The lowest BCUT2D eigenvalue weighted by atomic mass is 10.1. The van der Waals surface area contributed by atoms with E-state index in [0.29, 0.717) is 14.8 Å². The van der Waals surface area contributed by atoms with E-state index in [1.165, 1.54) is 24.3 Å². The fourth-order valence-electron chi connectivity index (χ4n) is 3.70. The molecule has 4 amide bonds. The Kier molecular flexibility index (Phi) is 8.47. The van der Waals surface area contributed by atoms with E-state index in [9.17, 15) is 22.8 Å². The van der Waals surface area contributed by atoms with Crippen molar-refractivity contribution in [3.05, 3.63) is 84.9 Å². The molecule has 1 aliphatic rings. The average molecular weight is 725 g/mol. The van der Waals surface area contributed by atoms with Crippen LogP contribution < -0.4 is 19.1 Å². The van der Waals surface area contributed by atoms with E-state index in [-0.39, 0.29) is 28.6 Å². The summed E-state index contributed by atoms with van der Waals surface area (Å²) in [4.78, 5) is 39.4. The number of carbonyl (C=O) groups excluding carboxylic acids is 3. The highest BCUT2D eigenvalue weighted by Gasteiger charge is 2.37. The summed E-state index contributed by atoms with van der Waals surface area (Å²) in [5.41, 5.74) is 2.07. The first-order valence-electron chi connectivity index (χ1n) is 11.6. The summed E-state index contributed by atoms with van der Waals surface area (Å²) in [6, 6.07) is 13.3. The molecule has 12 heteroatoms. The number of halogens is 2. The van der Waals surface area contributed by atoms with Crippen LogP contribution in [0, 0.1) is 17.4 Å². The Bertz CT molecular complexity index is 1640. The van der Waals surface area contributed by atoms with Crippen LogP contribution in [0.2, 0.25) is 0 Å². The first-order valence-corrected chi connectivity index (χ1v) is 14.8. The highest BCUT2D eigenvalue weighted by molar-refractivity contribution is 14.1. The summed E-state index contributed by atoms with van der Waals surface area (Å²) >= 11 is 5.28. The molecule has 1 saturated heterocycles. The molecule has 0 aromatic heterocycles. The Morgan fingerprint density at radius 3 is 2.36 bits per heavy atom. The van der Waals surface area contributed by atoms with Gasteiger partial charge in [0.05, 0.1) is 15.9 Å². The van der Waals surface area contributed by atoms with Gasteiger partial charge in [0.1, 0.15) is 10.5 Å². The van der Waals surface area contributed by atoms with E-state index in [1.54, 1.807) is 43.3 Å². The second-order valence-electron chi connectivity index (χ2n) is 8.50. The third-order valence-electron chi connectivity index (χ3n) is 5.65. The maximum atomic E-state index is 13.3. The summed E-state index contributed by atoms with van der Waals surface area (Å²) < 4.78 is 38.1. The number of nitrogens with one attached hydrogen (secondary N) is 1. The van der Waals surface area contributed by atoms with E-state index in [0.717, 1.165) is 20.5 Å². The van der Waals surface area contributed by atoms with E-state index < -0.39 is 28.0 Å². The Labute approximate surface area is 247 Å². The van der Waals surface area contributed by atoms with Crippen LogP contribution in [0.15, 0.2) is 69.5 Å². The number of benzene rings is 3. The van der Waals surface area contributed by atoms with Gasteiger partial charge in [-0.15, -0.1) is 0 Å².